The quantitative estimate of drug-likeness (QED) is 0.787. The van der Waals surface area contributed by atoms with E-state index >= 15 is 0 Å². The molecule has 0 atom stereocenters. The molecule has 0 amide bonds. The zero-order valence-electron chi connectivity index (χ0n) is 16.2. The average Bonchev–Trinajstić information content (AvgIpc) is 2.78. The minimum atomic E-state index is 0.754. The van der Waals surface area contributed by atoms with Gasteiger partial charge in [-0.2, -0.15) is 0 Å². The molecule has 2 aromatic rings. The summed E-state index contributed by atoms with van der Waals surface area (Å²) in [7, 11) is 1.76. The zero-order valence-corrected chi connectivity index (χ0v) is 16.2. The molecular formula is C21H31N5O. The number of nitrogens with two attached hydrogens (primary N) is 2. The van der Waals surface area contributed by atoms with Crippen molar-refractivity contribution in [3.63, 3.8) is 0 Å². The summed E-state index contributed by atoms with van der Waals surface area (Å²) < 4.78 is 5.30. The number of benzene rings is 2. The van der Waals surface area contributed by atoms with Gasteiger partial charge in [-0.1, -0.05) is 0 Å². The maximum Gasteiger partial charge on any atom is 0.0589 e. The minimum Gasteiger partial charge on any atom is -0.399 e. The summed E-state index contributed by atoms with van der Waals surface area (Å²) >= 11 is 0. The zero-order chi connectivity index (χ0) is 19.1. The fourth-order valence-electron chi connectivity index (χ4n) is 3.43. The number of nitrogen functional groups attached to an aromatic ring is 2. The van der Waals surface area contributed by atoms with E-state index in [4.69, 9.17) is 16.2 Å². The number of hydrogen-bond donors (Lipinski definition) is 2. The van der Waals surface area contributed by atoms with Crippen LogP contribution in [-0.4, -0.2) is 64.4 Å². The summed E-state index contributed by atoms with van der Waals surface area (Å²) in [4.78, 5) is 7.35. The van der Waals surface area contributed by atoms with Crippen molar-refractivity contribution in [2.45, 2.75) is 0 Å². The first kappa shape index (κ1) is 19.3. The molecule has 0 unspecified atom stereocenters. The summed E-state index contributed by atoms with van der Waals surface area (Å²) in [6, 6.07) is 16.3. The van der Waals surface area contributed by atoms with Gasteiger partial charge in [0.05, 0.1) is 6.61 Å². The Bertz CT molecular complexity index is 631. The number of nitrogens with zero attached hydrogens (tertiary/aromatic N) is 3. The highest BCUT2D eigenvalue weighted by atomic mass is 16.5. The molecule has 1 fully saturated rings. The molecule has 0 aromatic heterocycles. The van der Waals surface area contributed by atoms with Crippen molar-refractivity contribution >= 4 is 22.7 Å². The number of anilines is 4. The van der Waals surface area contributed by atoms with Gasteiger partial charge in [0.25, 0.3) is 0 Å². The van der Waals surface area contributed by atoms with Crippen molar-refractivity contribution in [2.75, 3.05) is 80.8 Å². The van der Waals surface area contributed by atoms with E-state index in [1.807, 2.05) is 24.3 Å². The molecule has 4 N–H and O–H groups in total. The highest BCUT2D eigenvalue weighted by Crippen LogP contribution is 2.20. The van der Waals surface area contributed by atoms with Crippen LogP contribution < -0.4 is 21.3 Å². The molecule has 3 rings (SSSR count). The van der Waals surface area contributed by atoms with Gasteiger partial charge in [-0.05, 0) is 48.5 Å². The van der Waals surface area contributed by atoms with Crippen molar-refractivity contribution in [1.82, 2.24) is 4.90 Å². The Labute approximate surface area is 162 Å². The van der Waals surface area contributed by atoms with Gasteiger partial charge in [-0.3, -0.25) is 4.90 Å². The van der Waals surface area contributed by atoms with Crippen LogP contribution in [0.15, 0.2) is 48.5 Å². The van der Waals surface area contributed by atoms with Gasteiger partial charge in [0.1, 0.15) is 0 Å². The summed E-state index contributed by atoms with van der Waals surface area (Å²) in [5.74, 6) is 0. The molecule has 1 aliphatic rings. The highest BCUT2D eigenvalue weighted by molar-refractivity contribution is 5.55. The predicted octanol–water partition coefficient (Wildman–Crippen LogP) is 2.13. The van der Waals surface area contributed by atoms with Crippen molar-refractivity contribution in [2.24, 2.45) is 0 Å². The lowest BCUT2D eigenvalue weighted by Gasteiger charge is -2.29. The molecule has 0 saturated carbocycles. The molecule has 0 radical (unpaired) electrons. The second-order valence-electron chi connectivity index (χ2n) is 6.99. The molecule has 1 aliphatic heterocycles. The molecule has 0 spiro atoms. The Hall–Kier alpha value is -2.44. The largest absolute Gasteiger partial charge is 0.399 e. The molecule has 27 heavy (non-hydrogen) atoms. The molecule has 6 heteroatoms. The smallest absolute Gasteiger partial charge is 0.0589 e. The number of methoxy groups -OCH3 is 1. The normalized spacial score (nSPS) is 16.6. The summed E-state index contributed by atoms with van der Waals surface area (Å²) in [6.07, 6.45) is 0. The molecule has 0 bridgehead atoms. The first-order chi connectivity index (χ1) is 13.2. The second-order valence-corrected chi connectivity index (χ2v) is 6.99. The van der Waals surface area contributed by atoms with E-state index in [-0.39, 0.29) is 0 Å². The summed E-state index contributed by atoms with van der Waals surface area (Å²) in [5.41, 5.74) is 15.8. The van der Waals surface area contributed by atoms with Crippen LogP contribution in [-0.2, 0) is 4.74 Å². The molecule has 1 heterocycles. The summed E-state index contributed by atoms with van der Waals surface area (Å²) in [5, 5.41) is 0. The molecule has 0 aliphatic carbocycles. The van der Waals surface area contributed by atoms with Crippen LogP contribution >= 0.6 is 0 Å². The average molecular weight is 370 g/mol. The van der Waals surface area contributed by atoms with Gasteiger partial charge in [-0.15, -0.1) is 0 Å². The fourth-order valence-corrected chi connectivity index (χ4v) is 3.43. The Morgan fingerprint density at radius 1 is 0.704 bits per heavy atom. The topological polar surface area (TPSA) is 71.0 Å². The van der Waals surface area contributed by atoms with Gasteiger partial charge in [-0.25, -0.2) is 0 Å². The molecule has 1 saturated heterocycles. The van der Waals surface area contributed by atoms with Crippen LogP contribution in [0.4, 0.5) is 22.7 Å². The van der Waals surface area contributed by atoms with E-state index in [0.717, 1.165) is 63.8 Å². The van der Waals surface area contributed by atoms with E-state index in [2.05, 4.69) is 39.0 Å². The molecule has 146 valence electrons. The van der Waals surface area contributed by atoms with Crippen LogP contribution in [0.3, 0.4) is 0 Å². The van der Waals surface area contributed by atoms with E-state index in [1.54, 1.807) is 7.11 Å². The Kier molecular flexibility index (Phi) is 6.79. The van der Waals surface area contributed by atoms with Crippen LogP contribution in [0.25, 0.3) is 0 Å². The fraction of sp³-hybridized carbons (Fsp3) is 0.429. The van der Waals surface area contributed by atoms with Gasteiger partial charge in [0.15, 0.2) is 0 Å². The third-order valence-electron chi connectivity index (χ3n) is 5.14. The Morgan fingerprint density at radius 2 is 1.11 bits per heavy atom. The number of rotatable bonds is 5. The SMILES string of the molecule is COCCN1CCN(c2ccc(N)cc2)CCN(c2ccc(N)cc2)CC1. The number of hydrogen-bond acceptors (Lipinski definition) is 6. The maximum atomic E-state index is 5.87. The molecular weight excluding hydrogens is 338 g/mol. The highest BCUT2D eigenvalue weighted by Gasteiger charge is 2.17. The van der Waals surface area contributed by atoms with Gasteiger partial charge in [0.2, 0.25) is 0 Å². The third kappa shape index (κ3) is 5.52. The van der Waals surface area contributed by atoms with Gasteiger partial charge in [0, 0.05) is 75.7 Å². The Balaban J connectivity index is 1.77. The lowest BCUT2D eigenvalue weighted by atomic mass is 10.2. The van der Waals surface area contributed by atoms with Crippen LogP contribution in [0.5, 0.6) is 0 Å². The molecule has 2 aromatic carbocycles. The second kappa shape index (κ2) is 9.48. The van der Waals surface area contributed by atoms with Crippen LogP contribution in [0.2, 0.25) is 0 Å². The standard InChI is InChI=1S/C21H31N5O/c1-27-17-16-24-10-12-25(20-6-2-18(22)3-7-20)14-15-26(13-11-24)21-8-4-19(23)5-9-21/h2-9H,10-17,22-23H2,1H3. The maximum absolute atomic E-state index is 5.87. The number of ether oxygens (including phenoxy) is 1. The van der Waals surface area contributed by atoms with E-state index < -0.39 is 0 Å². The van der Waals surface area contributed by atoms with Crippen LogP contribution in [0, 0.1) is 0 Å². The monoisotopic (exact) mass is 369 g/mol. The van der Waals surface area contributed by atoms with Crippen molar-refractivity contribution in [3.05, 3.63) is 48.5 Å². The van der Waals surface area contributed by atoms with Crippen molar-refractivity contribution in [1.29, 1.82) is 0 Å². The van der Waals surface area contributed by atoms with E-state index in [1.165, 1.54) is 11.4 Å². The minimum absolute atomic E-state index is 0.754. The summed E-state index contributed by atoms with van der Waals surface area (Å²) in [6.45, 7) is 7.64. The van der Waals surface area contributed by atoms with E-state index in [0.29, 0.717) is 0 Å². The van der Waals surface area contributed by atoms with Gasteiger partial charge < -0.3 is 26.0 Å². The van der Waals surface area contributed by atoms with Gasteiger partial charge >= 0.3 is 0 Å². The third-order valence-corrected chi connectivity index (χ3v) is 5.14. The van der Waals surface area contributed by atoms with Crippen molar-refractivity contribution < 1.29 is 4.74 Å². The van der Waals surface area contributed by atoms with Crippen molar-refractivity contribution in [3.8, 4) is 0 Å². The lowest BCUT2D eigenvalue weighted by molar-refractivity contribution is 0.151. The first-order valence-electron chi connectivity index (χ1n) is 9.58. The van der Waals surface area contributed by atoms with Crippen LogP contribution in [0.1, 0.15) is 0 Å². The Morgan fingerprint density at radius 3 is 1.52 bits per heavy atom. The van der Waals surface area contributed by atoms with E-state index in [9.17, 15) is 0 Å². The lowest BCUT2D eigenvalue weighted by Crippen LogP contribution is -2.37. The molecule has 6 nitrogen and oxygen atoms in total. The first-order valence-corrected chi connectivity index (χ1v) is 9.58. The predicted molar refractivity (Wildman–Crippen MR) is 114 cm³/mol.